The summed E-state index contributed by atoms with van der Waals surface area (Å²) < 4.78 is 87.9. The van der Waals surface area contributed by atoms with Crippen LogP contribution in [0.2, 0.25) is 0 Å². The Balaban J connectivity index is 1.17. The van der Waals surface area contributed by atoms with Gasteiger partial charge in [0, 0.05) is 59.4 Å². The minimum atomic E-state index is -4.13. The second kappa shape index (κ2) is 16.5. The van der Waals surface area contributed by atoms with Crippen LogP contribution in [0.5, 0.6) is 0 Å². The smallest absolute Gasteiger partial charge is 0.303 e. The molecule has 3 aliphatic heterocycles. The highest BCUT2D eigenvalue weighted by Crippen LogP contribution is 2.88. The standard InChI is InChI=1S/C47H75N5O7S/c1-9-33-27-45(33,42(57)49-60(58,59)50-23-15-16-24-50)29-38(54)36-28-47(44(7,8)46(47)21-17-22-46)30-52(36)41(56)34(43(4,5)6)26-37(53)39(32-18-11-10-12-19-32)48-40(55)35-20-13-14-25-51(35)31(2)3/h9,31-36,39H,1,10-30H2,2-8H3,(H,48,55)(H,49,57)/t33-,34-,35+,36+,39?,45-,47-/m1/s1/i2D3,3D3,31D. The van der Waals surface area contributed by atoms with E-state index in [0.717, 1.165) is 43.4 Å². The number of allylic oxidation sites excluding steroid dienone is 1. The molecule has 4 saturated carbocycles. The van der Waals surface area contributed by atoms with Crippen molar-refractivity contribution in [3.63, 3.8) is 0 Å². The third-order valence-electron chi connectivity index (χ3n) is 17.1. The molecule has 7 aliphatic rings. The molecule has 7 fully saturated rings. The number of nitrogens with one attached hydrogen (secondary N) is 2. The summed E-state index contributed by atoms with van der Waals surface area (Å²) in [5.41, 5.74) is -2.79. The summed E-state index contributed by atoms with van der Waals surface area (Å²) in [5, 5.41) is 2.95. The number of amides is 3. The van der Waals surface area contributed by atoms with Crippen molar-refractivity contribution in [2.24, 2.45) is 44.8 Å². The lowest BCUT2D eigenvalue weighted by Crippen LogP contribution is -2.57. The molecule has 2 spiro atoms. The number of carbonyl (C=O) groups excluding carboxylic acids is 5. The Kier molecular flexibility index (Phi) is 10.1. The number of ketones is 2. The molecule has 1 unspecified atom stereocenters. The van der Waals surface area contributed by atoms with E-state index in [-0.39, 0.29) is 71.9 Å². The lowest BCUT2D eigenvalue weighted by Gasteiger charge is -2.40. The van der Waals surface area contributed by atoms with Crippen LogP contribution in [0.1, 0.15) is 167 Å². The van der Waals surface area contributed by atoms with Gasteiger partial charge in [0.05, 0.1) is 23.5 Å². The van der Waals surface area contributed by atoms with Gasteiger partial charge >= 0.3 is 10.2 Å². The number of fused-ring (bicyclic) bond motifs is 1. The van der Waals surface area contributed by atoms with Crippen LogP contribution in [0.4, 0.5) is 0 Å². The zero-order valence-corrected chi connectivity index (χ0v) is 37.5. The SMILES string of the molecule is [2H]C([2H])([2H])C([2H])(N1CCCC[C@H]1C(=O)NC(C(=O)C[C@H](C(=O)N1C[C@]2(C[C@H]1C(=O)C[C@]1(C(=O)NS(=O)(=O)N3CCCC3)C[C@H]1C=C)C(C)(C)C21CCC1)C(C)(C)C)C1CCCCC1)C([2H])([2H])[2H]. The second-order valence-corrected chi connectivity index (χ2v) is 22.9. The molecule has 3 saturated heterocycles. The van der Waals surface area contributed by atoms with Crippen molar-refractivity contribution in [3.8, 4) is 0 Å². The molecule has 7 atom stereocenters. The quantitative estimate of drug-likeness (QED) is 0.181. The molecule has 336 valence electrons. The van der Waals surface area contributed by atoms with E-state index in [1.165, 1.54) is 4.31 Å². The molecule has 7 rings (SSSR count). The fourth-order valence-corrected chi connectivity index (χ4v) is 14.2. The van der Waals surface area contributed by atoms with Gasteiger partial charge in [0.1, 0.15) is 0 Å². The first-order chi connectivity index (χ1) is 31.0. The summed E-state index contributed by atoms with van der Waals surface area (Å²) in [5.74, 6) is -4.24. The first-order valence-electron chi connectivity index (χ1n) is 26.3. The first-order valence-corrected chi connectivity index (χ1v) is 24.3. The van der Waals surface area contributed by atoms with Crippen molar-refractivity contribution >= 4 is 39.5 Å². The van der Waals surface area contributed by atoms with Crippen LogP contribution in [-0.2, 0) is 34.2 Å². The highest BCUT2D eigenvalue weighted by atomic mass is 32.2. The van der Waals surface area contributed by atoms with Gasteiger partial charge in [-0.2, -0.15) is 12.7 Å². The van der Waals surface area contributed by atoms with Crippen LogP contribution in [0.25, 0.3) is 0 Å². The minimum absolute atomic E-state index is 0.0676. The number of rotatable bonds is 15. The number of Topliss-reactive ketones (excluding diaryl/α,β-unsaturated/α-hetero) is 2. The van der Waals surface area contributed by atoms with Gasteiger partial charge in [-0.1, -0.05) is 72.8 Å². The van der Waals surface area contributed by atoms with E-state index < -0.39 is 82.5 Å². The third kappa shape index (κ3) is 7.74. The van der Waals surface area contributed by atoms with E-state index in [0.29, 0.717) is 64.6 Å². The normalized spacial score (nSPS) is 35.0. The van der Waals surface area contributed by atoms with Crippen molar-refractivity contribution < 1.29 is 42.0 Å². The van der Waals surface area contributed by atoms with Gasteiger partial charge in [-0.25, -0.2) is 4.72 Å². The van der Waals surface area contributed by atoms with Gasteiger partial charge in [-0.05, 0) is 113 Å². The Labute approximate surface area is 370 Å². The molecule has 0 aromatic heterocycles. The van der Waals surface area contributed by atoms with Crippen LogP contribution in [0.3, 0.4) is 0 Å². The van der Waals surface area contributed by atoms with Crippen LogP contribution in [-0.4, -0.2) is 102 Å². The van der Waals surface area contributed by atoms with Gasteiger partial charge in [0.2, 0.25) is 17.7 Å². The maximum atomic E-state index is 15.5. The maximum Gasteiger partial charge on any atom is 0.303 e. The molecule has 60 heavy (non-hydrogen) atoms. The Morgan fingerprint density at radius 1 is 0.883 bits per heavy atom. The van der Waals surface area contributed by atoms with Gasteiger partial charge in [0.15, 0.2) is 11.6 Å². The summed E-state index contributed by atoms with van der Waals surface area (Å²) in [6, 6.07) is -6.37. The number of likely N-dealkylation sites (tertiary alicyclic amines) is 2. The molecule has 0 aromatic carbocycles. The van der Waals surface area contributed by atoms with Crippen LogP contribution < -0.4 is 10.0 Å². The van der Waals surface area contributed by atoms with E-state index in [1.807, 2.05) is 20.8 Å². The molecule has 0 radical (unpaired) electrons. The minimum Gasteiger partial charge on any atom is -0.345 e. The summed E-state index contributed by atoms with van der Waals surface area (Å²) >= 11 is 0. The van der Waals surface area contributed by atoms with Crippen LogP contribution in [0, 0.1) is 44.8 Å². The fourth-order valence-electron chi connectivity index (χ4n) is 12.9. The summed E-state index contributed by atoms with van der Waals surface area (Å²) in [6.07, 6.45) is 10.8. The van der Waals surface area contributed by atoms with Crippen molar-refractivity contribution in [1.82, 2.24) is 24.1 Å². The average molecular weight is 861 g/mol. The van der Waals surface area contributed by atoms with Crippen molar-refractivity contribution in [3.05, 3.63) is 12.7 Å². The molecule has 0 aromatic rings. The molecular formula is C47H75N5O7S. The number of hydrogen-bond donors (Lipinski definition) is 2. The molecule has 12 nitrogen and oxygen atoms in total. The van der Waals surface area contributed by atoms with Crippen molar-refractivity contribution in [1.29, 1.82) is 0 Å². The third-order valence-corrected chi connectivity index (χ3v) is 18.5. The first kappa shape index (κ1) is 36.8. The van der Waals surface area contributed by atoms with Crippen molar-refractivity contribution in [2.75, 3.05) is 26.2 Å². The van der Waals surface area contributed by atoms with E-state index in [2.05, 4.69) is 30.5 Å². The number of piperidine rings is 1. The second-order valence-electron chi connectivity index (χ2n) is 21.2. The molecular weight excluding hydrogens is 779 g/mol. The van der Waals surface area contributed by atoms with Gasteiger partial charge in [-0.3, -0.25) is 28.9 Å². The van der Waals surface area contributed by atoms with E-state index in [1.54, 1.807) is 11.0 Å². The maximum absolute atomic E-state index is 15.5. The lowest BCUT2D eigenvalue weighted by molar-refractivity contribution is -0.147. The van der Waals surface area contributed by atoms with Gasteiger partial charge < -0.3 is 10.2 Å². The Morgan fingerprint density at radius 3 is 2.10 bits per heavy atom. The van der Waals surface area contributed by atoms with Crippen LogP contribution >= 0.6 is 0 Å². The number of hydrogen-bond acceptors (Lipinski definition) is 8. The fraction of sp³-hybridized carbons (Fsp3) is 0.851. The Hall–Kier alpha value is -2.64. The zero-order valence-electron chi connectivity index (χ0n) is 43.7. The van der Waals surface area contributed by atoms with E-state index >= 15 is 9.59 Å². The Bertz CT molecular complexity index is 2080. The van der Waals surface area contributed by atoms with E-state index in [9.17, 15) is 22.8 Å². The van der Waals surface area contributed by atoms with E-state index in [4.69, 9.17) is 9.60 Å². The zero-order chi connectivity index (χ0) is 49.6. The monoisotopic (exact) mass is 861 g/mol. The molecule has 13 heteroatoms. The summed E-state index contributed by atoms with van der Waals surface area (Å²) in [7, 11) is -4.13. The molecule has 3 heterocycles. The average Bonchev–Trinajstić information content (AvgIpc) is 3.68. The number of carbonyl (C=O) groups is 5. The summed E-state index contributed by atoms with van der Waals surface area (Å²) in [4.78, 5) is 76.6. The van der Waals surface area contributed by atoms with Crippen LogP contribution in [0.15, 0.2) is 12.7 Å². The molecule has 3 amide bonds. The van der Waals surface area contributed by atoms with Gasteiger partial charge in [0.25, 0.3) is 0 Å². The highest BCUT2D eigenvalue weighted by molar-refractivity contribution is 7.87. The highest BCUT2D eigenvalue weighted by Gasteiger charge is 2.85. The lowest BCUT2D eigenvalue weighted by atomic mass is 9.73. The number of nitrogens with zero attached hydrogens (tertiary/aromatic N) is 3. The van der Waals surface area contributed by atoms with Gasteiger partial charge in [-0.15, -0.1) is 6.58 Å². The summed E-state index contributed by atoms with van der Waals surface area (Å²) in [6.45, 7) is 8.10. The largest absolute Gasteiger partial charge is 0.345 e. The Morgan fingerprint density at radius 2 is 1.53 bits per heavy atom. The molecule has 4 aliphatic carbocycles. The molecule has 2 N–H and O–H groups in total. The predicted octanol–water partition coefficient (Wildman–Crippen LogP) is 6.34. The topological polar surface area (TPSA) is 153 Å². The predicted molar refractivity (Wildman–Crippen MR) is 231 cm³/mol. The molecule has 0 bridgehead atoms. The van der Waals surface area contributed by atoms with Crippen molar-refractivity contribution in [2.45, 2.75) is 182 Å².